The van der Waals surface area contributed by atoms with Crippen molar-refractivity contribution in [1.82, 2.24) is 0 Å². The Bertz CT molecular complexity index is 765. The summed E-state index contributed by atoms with van der Waals surface area (Å²) in [6, 6.07) is 0. The molecule has 150 valence electrons. The molecule has 6 atom stereocenters. The lowest BCUT2D eigenvalue weighted by Crippen LogP contribution is -2.45. The highest BCUT2D eigenvalue weighted by Crippen LogP contribution is 2.72. The third-order valence-corrected chi connectivity index (χ3v) is 12.2. The lowest BCUT2D eigenvalue weighted by atomic mass is 9.65. The van der Waals surface area contributed by atoms with Crippen molar-refractivity contribution in [1.29, 1.82) is 0 Å². The standard InChI is InChI=1S/C21H29Br2NO3/c1-17(2)19(4)8-9-21(17,14(23)15(19)25)16(26)27-24-13-10-12-6-7-18(13,3)20(12,5)11-22/h12,14H,6-11H2,1-5H3. The molecule has 4 aliphatic carbocycles. The number of nitrogens with zero attached hydrogens (tertiary/aromatic N) is 1. The first kappa shape index (κ1) is 20.1. The Hall–Kier alpha value is -0.230. The molecule has 0 aromatic carbocycles. The SMILES string of the molecule is CC12CCC(CC1=NOC(=O)C13CCC(C)(C(=O)C1Br)C3(C)C)C2(C)CBr. The first-order valence-electron chi connectivity index (χ1n) is 9.95. The fourth-order valence-electron chi connectivity index (χ4n) is 6.75. The summed E-state index contributed by atoms with van der Waals surface area (Å²) >= 11 is 7.25. The molecule has 6 unspecified atom stereocenters. The second-order valence-corrected chi connectivity index (χ2v) is 11.9. The van der Waals surface area contributed by atoms with Crippen molar-refractivity contribution in [3.63, 3.8) is 0 Å². The number of hydrogen-bond acceptors (Lipinski definition) is 4. The third kappa shape index (κ3) is 1.98. The van der Waals surface area contributed by atoms with E-state index >= 15 is 0 Å². The van der Waals surface area contributed by atoms with Crippen molar-refractivity contribution >= 4 is 49.3 Å². The predicted molar refractivity (Wildman–Crippen MR) is 112 cm³/mol. The molecule has 4 rings (SSSR count). The van der Waals surface area contributed by atoms with Gasteiger partial charge >= 0.3 is 5.97 Å². The molecule has 0 radical (unpaired) electrons. The predicted octanol–water partition coefficient (Wildman–Crippen LogP) is 5.27. The lowest BCUT2D eigenvalue weighted by molar-refractivity contribution is -0.161. The molecule has 0 amide bonds. The number of ketones is 1. The van der Waals surface area contributed by atoms with Gasteiger partial charge in [-0.15, -0.1) is 0 Å². The minimum absolute atomic E-state index is 0.0296. The number of halogens is 2. The molecule has 4 nitrogen and oxygen atoms in total. The average molecular weight is 503 g/mol. The molecule has 27 heavy (non-hydrogen) atoms. The number of hydrogen-bond donors (Lipinski definition) is 0. The number of oxime groups is 1. The van der Waals surface area contributed by atoms with Crippen LogP contribution in [0.4, 0.5) is 0 Å². The van der Waals surface area contributed by atoms with Crippen LogP contribution in [-0.4, -0.2) is 27.6 Å². The minimum Gasteiger partial charge on any atom is -0.318 e. The van der Waals surface area contributed by atoms with Crippen molar-refractivity contribution in [2.75, 3.05) is 5.33 Å². The maximum atomic E-state index is 13.3. The van der Waals surface area contributed by atoms with E-state index < -0.39 is 21.1 Å². The van der Waals surface area contributed by atoms with Gasteiger partial charge < -0.3 is 4.84 Å². The summed E-state index contributed by atoms with van der Waals surface area (Å²) in [5.74, 6) is 0.367. The van der Waals surface area contributed by atoms with Crippen molar-refractivity contribution in [2.45, 2.75) is 71.5 Å². The number of carbonyl (C=O) groups excluding carboxylic acids is 2. The minimum atomic E-state index is -0.833. The van der Waals surface area contributed by atoms with E-state index in [1.54, 1.807) is 0 Å². The molecule has 0 N–H and O–H groups in total. The Kier molecular flexibility index (Phi) is 4.22. The molecule has 0 aliphatic heterocycles. The molecule has 4 saturated carbocycles. The zero-order valence-corrected chi connectivity index (χ0v) is 20.0. The van der Waals surface area contributed by atoms with Crippen LogP contribution in [0.5, 0.6) is 0 Å². The van der Waals surface area contributed by atoms with Crippen LogP contribution >= 0.6 is 31.9 Å². The summed E-state index contributed by atoms with van der Waals surface area (Å²) in [5, 5.41) is 5.37. The van der Waals surface area contributed by atoms with Gasteiger partial charge in [-0.3, -0.25) is 4.79 Å². The summed E-state index contributed by atoms with van der Waals surface area (Å²) in [6.45, 7) is 10.6. The van der Waals surface area contributed by atoms with Gasteiger partial charge in [-0.05, 0) is 48.9 Å². The van der Waals surface area contributed by atoms with E-state index in [2.05, 4.69) is 50.9 Å². The van der Waals surface area contributed by atoms with Crippen LogP contribution in [0.15, 0.2) is 5.16 Å². The van der Waals surface area contributed by atoms with Crippen molar-refractivity contribution in [2.24, 2.45) is 38.1 Å². The highest BCUT2D eigenvalue weighted by atomic mass is 79.9. The molecular formula is C21H29Br2NO3. The fraction of sp³-hybridized carbons (Fsp3) is 0.857. The topological polar surface area (TPSA) is 55.7 Å². The maximum absolute atomic E-state index is 13.3. The summed E-state index contributed by atoms with van der Waals surface area (Å²) in [5.41, 5.74) is -0.632. The smallest absolute Gasteiger partial charge is 0.318 e. The van der Waals surface area contributed by atoms with E-state index in [0.717, 1.165) is 30.3 Å². The Balaban J connectivity index is 1.63. The molecule has 4 bridgehead atoms. The number of fused-ring (bicyclic) bond motifs is 4. The quantitative estimate of drug-likeness (QED) is 0.300. The number of Topliss-reactive ketones (excluding diaryl/α,β-unsaturated/α-hetero) is 1. The monoisotopic (exact) mass is 501 g/mol. The van der Waals surface area contributed by atoms with Gasteiger partial charge in [0, 0.05) is 16.2 Å². The summed E-state index contributed by atoms with van der Waals surface area (Å²) in [4.78, 5) is 31.3. The average Bonchev–Trinajstić information content (AvgIpc) is 3.13. The van der Waals surface area contributed by atoms with Gasteiger partial charge in [0.05, 0.1) is 16.0 Å². The van der Waals surface area contributed by atoms with Crippen LogP contribution in [0, 0.1) is 33.0 Å². The Morgan fingerprint density at radius 1 is 1.15 bits per heavy atom. The van der Waals surface area contributed by atoms with Gasteiger partial charge in [-0.2, -0.15) is 0 Å². The Morgan fingerprint density at radius 2 is 1.81 bits per heavy atom. The lowest BCUT2D eigenvalue weighted by Gasteiger charge is -2.38. The molecule has 0 spiro atoms. The van der Waals surface area contributed by atoms with Gasteiger partial charge in [0.2, 0.25) is 0 Å². The summed E-state index contributed by atoms with van der Waals surface area (Å²) in [7, 11) is 0. The van der Waals surface area contributed by atoms with Crippen molar-refractivity contribution < 1.29 is 14.4 Å². The second kappa shape index (κ2) is 5.68. The first-order chi connectivity index (χ1) is 12.4. The molecule has 0 aromatic rings. The van der Waals surface area contributed by atoms with Crippen LogP contribution in [-0.2, 0) is 14.4 Å². The van der Waals surface area contributed by atoms with Gasteiger partial charge in [0.25, 0.3) is 0 Å². The molecular weight excluding hydrogens is 474 g/mol. The van der Waals surface area contributed by atoms with Crippen LogP contribution in [0.1, 0.15) is 66.7 Å². The molecule has 0 saturated heterocycles. The van der Waals surface area contributed by atoms with E-state index in [9.17, 15) is 9.59 Å². The molecule has 0 heterocycles. The van der Waals surface area contributed by atoms with Crippen LogP contribution < -0.4 is 0 Å². The van der Waals surface area contributed by atoms with Gasteiger partial charge in [0.15, 0.2) is 5.78 Å². The van der Waals surface area contributed by atoms with Crippen LogP contribution in [0.25, 0.3) is 0 Å². The third-order valence-electron chi connectivity index (χ3n) is 9.83. The number of alkyl halides is 2. The van der Waals surface area contributed by atoms with E-state index in [4.69, 9.17) is 4.84 Å². The second-order valence-electron chi connectivity index (χ2n) is 10.4. The van der Waals surface area contributed by atoms with E-state index in [-0.39, 0.29) is 22.6 Å². The Morgan fingerprint density at radius 3 is 2.33 bits per heavy atom. The largest absolute Gasteiger partial charge is 0.343 e. The highest BCUT2D eigenvalue weighted by molar-refractivity contribution is 9.10. The van der Waals surface area contributed by atoms with Gasteiger partial charge in [0.1, 0.15) is 0 Å². The highest BCUT2D eigenvalue weighted by Gasteiger charge is 2.77. The van der Waals surface area contributed by atoms with E-state index in [1.807, 2.05) is 20.8 Å². The molecule has 6 heteroatoms. The molecule has 0 aromatic heterocycles. The van der Waals surface area contributed by atoms with Gasteiger partial charge in [-0.25, -0.2) is 4.79 Å². The fourth-order valence-corrected chi connectivity index (χ4v) is 9.32. The normalized spacial score (nSPS) is 51.4. The maximum Gasteiger partial charge on any atom is 0.343 e. The van der Waals surface area contributed by atoms with Crippen molar-refractivity contribution in [3.05, 3.63) is 0 Å². The van der Waals surface area contributed by atoms with Crippen molar-refractivity contribution in [3.8, 4) is 0 Å². The number of carbonyl (C=O) groups is 2. The van der Waals surface area contributed by atoms with Crippen LogP contribution in [0.3, 0.4) is 0 Å². The van der Waals surface area contributed by atoms with E-state index in [0.29, 0.717) is 12.3 Å². The number of rotatable bonds is 3. The molecule has 4 aliphatic rings. The van der Waals surface area contributed by atoms with E-state index in [1.165, 1.54) is 6.42 Å². The zero-order chi connectivity index (χ0) is 20.0. The first-order valence-corrected chi connectivity index (χ1v) is 12.0. The van der Waals surface area contributed by atoms with Gasteiger partial charge in [-0.1, -0.05) is 71.6 Å². The molecule has 4 fully saturated rings. The zero-order valence-electron chi connectivity index (χ0n) is 16.8. The van der Waals surface area contributed by atoms with Crippen LogP contribution in [0.2, 0.25) is 0 Å². The summed E-state index contributed by atoms with van der Waals surface area (Å²) in [6.07, 6.45) is 4.59. The summed E-state index contributed by atoms with van der Waals surface area (Å²) < 4.78 is 0. The Labute approximate surface area is 178 Å².